The molecule has 1 aliphatic rings. The molecule has 2 amide bonds. The van der Waals surface area contributed by atoms with Gasteiger partial charge in [0.2, 0.25) is 11.8 Å². The van der Waals surface area contributed by atoms with Crippen LogP contribution >= 0.6 is 0 Å². The Morgan fingerprint density at radius 3 is 2.69 bits per heavy atom. The van der Waals surface area contributed by atoms with Gasteiger partial charge < -0.3 is 10.2 Å². The van der Waals surface area contributed by atoms with Crippen molar-refractivity contribution in [3.05, 3.63) is 66.0 Å². The fraction of sp³-hybridized carbons (Fsp3) is 0.381. The second-order valence-electron chi connectivity index (χ2n) is 6.74. The first kappa shape index (κ1) is 18.1. The first-order chi connectivity index (χ1) is 12.7. The average molecular weight is 351 g/mol. The van der Waals surface area contributed by atoms with Crippen LogP contribution in [0.25, 0.3) is 0 Å². The van der Waals surface area contributed by atoms with Crippen molar-refractivity contribution in [1.82, 2.24) is 15.2 Å². The molecule has 1 atom stereocenters. The first-order valence-corrected chi connectivity index (χ1v) is 9.21. The summed E-state index contributed by atoms with van der Waals surface area (Å²) in [5.41, 5.74) is 1.94. The zero-order chi connectivity index (χ0) is 18.2. The molecule has 2 heterocycles. The quantitative estimate of drug-likeness (QED) is 0.870. The number of nitrogens with one attached hydrogen (secondary N) is 1. The summed E-state index contributed by atoms with van der Waals surface area (Å²) in [5, 5.41) is 2.88. The van der Waals surface area contributed by atoms with Crippen LogP contribution in [0, 0.1) is 5.92 Å². The molecule has 136 valence electrons. The highest BCUT2D eigenvalue weighted by atomic mass is 16.2. The Hall–Kier alpha value is -2.69. The van der Waals surface area contributed by atoms with E-state index >= 15 is 0 Å². The van der Waals surface area contributed by atoms with Gasteiger partial charge in [0, 0.05) is 31.6 Å². The molecular formula is C21H25N3O2. The van der Waals surface area contributed by atoms with Crippen LogP contribution in [0.2, 0.25) is 0 Å². The van der Waals surface area contributed by atoms with E-state index in [2.05, 4.69) is 10.3 Å². The molecule has 1 N–H and O–H groups in total. The lowest BCUT2D eigenvalue weighted by atomic mass is 9.98. The van der Waals surface area contributed by atoms with Crippen LogP contribution in [0.4, 0.5) is 0 Å². The summed E-state index contributed by atoms with van der Waals surface area (Å²) in [7, 11) is 0. The molecule has 0 radical (unpaired) electrons. The van der Waals surface area contributed by atoms with Crippen LogP contribution in [0.3, 0.4) is 0 Å². The molecule has 1 aromatic heterocycles. The molecule has 3 rings (SSSR count). The summed E-state index contributed by atoms with van der Waals surface area (Å²) in [6.45, 7) is 1.78. The fourth-order valence-corrected chi connectivity index (χ4v) is 3.32. The first-order valence-electron chi connectivity index (χ1n) is 9.21. The number of pyridine rings is 1. The van der Waals surface area contributed by atoms with Gasteiger partial charge in [0.15, 0.2) is 0 Å². The Kier molecular flexibility index (Phi) is 6.36. The number of carbonyl (C=O) groups is 2. The van der Waals surface area contributed by atoms with Crippen LogP contribution in [0.1, 0.15) is 36.9 Å². The predicted molar refractivity (Wildman–Crippen MR) is 99.9 cm³/mol. The molecule has 5 nitrogen and oxygen atoms in total. The van der Waals surface area contributed by atoms with Gasteiger partial charge in [0.1, 0.15) is 0 Å². The van der Waals surface area contributed by atoms with Crippen molar-refractivity contribution in [3.8, 4) is 0 Å². The number of rotatable bonds is 6. The number of benzene rings is 1. The van der Waals surface area contributed by atoms with Crippen molar-refractivity contribution in [1.29, 1.82) is 0 Å². The minimum Gasteiger partial charge on any atom is -0.350 e. The number of carbonyl (C=O) groups excluding carboxylic acids is 2. The van der Waals surface area contributed by atoms with Gasteiger partial charge in [-0.3, -0.25) is 14.6 Å². The maximum atomic E-state index is 12.9. The molecule has 2 aromatic rings. The molecule has 1 saturated heterocycles. The molecule has 0 spiro atoms. The minimum absolute atomic E-state index is 0.0874. The van der Waals surface area contributed by atoms with Gasteiger partial charge in [0.05, 0.1) is 12.2 Å². The lowest BCUT2D eigenvalue weighted by Crippen LogP contribution is -2.37. The predicted octanol–water partition coefficient (Wildman–Crippen LogP) is 2.92. The van der Waals surface area contributed by atoms with E-state index in [0.29, 0.717) is 13.1 Å². The number of nitrogens with zero attached hydrogens (tertiary/aromatic N) is 2. The number of amides is 2. The highest BCUT2D eigenvalue weighted by Gasteiger charge is 2.28. The van der Waals surface area contributed by atoms with E-state index in [1.165, 1.54) is 0 Å². The van der Waals surface area contributed by atoms with Gasteiger partial charge in [-0.25, -0.2) is 0 Å². The van der Waals surface area contributed by atoms with Crippen molar-refractivity contribution < 1.29 is 9.59 Å². The van der Waals surface area contributed by atoms with E-state index in [4.69, 9.17) is 0 Å². The van der Waals surface area contributed by atoms with E-state index in [0.717, 1.165) is 37.1 Å². The number of hydrogen-bond acceptors (Lipinski definition) is 3. The summed E-state index contributed by atoms with van der Waals surface area (Å²) in [5.74, 6) is -0.222. The van der Waals surface area contributed by atoms with E-state index < -0.39 is 0 Å². The lowest BCUT2D eigenvalue weighted by molar-refractivity contribution is -0.138. The van der Waals surface area contributed by atoms with Crippen LogP contribution in [-0.4, -0.2) is 28.2 Å². The Balaban J connectivity index is 1.55. The van der Waals surface area contributed by atoms with Crippen molar-refractivity contribution in [2.45, 2.75) is 38.8 Å². The fourth-order valence-electron chi connectivity index (χ4n) is 3.32. The second-order valence-corrected chi connectivity index (χ2v) is 6.74. The largest absolute Gasteiger partial charge is 0.350 e. The summed E-state index contributed by atoms with van der Waals surface area (Å²) in [6.07, 6.45) is 4.70. The number of likely N-dealkylation sites (tertiary alicyclic amines) is 1. The molecule has 1 aromatic carbocycles. The Morgan fingerprint density at radius 1 is 1.12 bits per heavy atom. The summed E-state index contributed by atoms with van der Waals surface area (Å²) in [6, 6.07) is 15.6. The minimum atomic E-state index is -0.232. The molecule has 1 aliphatic heterocycles. The number of aromatic nitrogens is 1. The van der Waals surface area contributed by atoms with Gasteiger partial charge in [-0.2, -0.15) is 0 Å². The Bertz CT molecular complexity index is 719. The Morgan fingerprint density at radius 2 is 1.92 bits per heavy atom. The summed E-state index contributed by atoms with van der Waals surface area (Å²) >= 11 is 0. The average Bonchev–Trinajstić information content (AvgIpc) is 2.84. The van der Waals surface area contributed by atoms with Crippen LogP contribution < -0.4 is 5.32 Å². The monoisotopic (exact) mass is 351 g/mol. The van der Waals surface area contributed by atoms with E-state index in [1.54, 1.807) is 6.20 Å². The number of hydrogen-bond donors (Lipinski definition) is 1. The third kappa shape index (κ3) is 5.15. The molecule has 0 bridgehead atoms. The Labute approximate surface area is 154 Å². The van der Waals surface area contributed by atoms with Crippen molar-refractivity contribution in [2.75, 3.05) is 6.54 Å². The van der Waals surface area contributed by atoms with Crippen molar-refractivity contribution in [3.63, 3.8) is 0 Å². The molecule has 0 aliphatic carbocycles. The van der Waals surface area contributed by atoms with Gasteiger partial charge in [-0.1, -0.05) is 42.8 Å². The smallest absolute Gasteiger partial charge is 0.226 e. The van der Waals surface area contributed by atoms with Crippen LogP contribution in [-0.2, 0) is 22.7 Å². The van der Waals surface area contributed by atoms with Crippen LogP contribution in [0.15, 0.2) is 54.7 Å². The molecular weight excluding hydrogens is 326 g/mol. The van der Waals surface area contributed by atoms with E-state index in [9.17, 15) is 9.59 Å². The van der Waals surface area contributed by atoms with Crippen LogP contribution in [0.5, 0.6) is 0 Å². The maximum Gasteiger partial charge on any atom is 0.226 e. The summed E-state index contributed by atoms with van der Waals surface area (Å²) < 4.78 is 0. The van der Waals surface area contributed by atoms with Gasteiger partial charge in [-0.05, 0) is 30.5 Å². The molecule has 1 unspecified atom stereocenters. The highest BCUT2D eigenvalue weighted by molar-refractivity contribution is 5.86. The normalized spacial score (nSPS) is 17.6. The zero-order valence-electron chi connectivity index (χ0n) is 14.9. The summed E-state index contributed by atoms with van der Waals surface area (Å²) in [4.78, 5) is 31.3. The maximum absolute atomic E-state index is 12.9. The van der Waals surface area contributed by atoms with Gasteiger partial charge >= 0.3 is 0 Å². The van der Waals surface area contributed by atoms with E-state index in [1.807, 2.05) is 53.4 Å². The highest BCUT2D eigenvalue weighted by Crippen LogP contribution is 2.22. The lowest BCUT2D eigenvalue weighted by Gasteiger charge is -2.24. The molecule has 5 heteroatoms. The molecule has 1 fully saturated rings. The topological polar surface area (TPSA) is 62.3 Å². The third-order valence-corrected chi connectivity index (χ3v) is 4.73. The van der Waals surface area contributed by atoms with E-state index in [-0.39, 0.29) is 24.2 Å². The van der Waals surface area contributed by atoms with Gasteiger partial charge in [0.25, 0.3) is 0 Å². The van der Waals surface area contributed by atoms with Crippen molar-refractivity contribution in [2.24, 2.45) is 5.92 Å². The standard InChI is InChI=1S/C21H25N3O2/c25-20(23-15-19-11-4-6-12-22-19)14-18-10-5-7-13-24(21(18)26)16-17-8-2-1-3-9-17/h1-4,6,8-9,11-12,18H,5,7,10,13-16H2,(H,23,25). The van der Waals surface area contributed by atoms with Gasteiger partial charge in [-0.15, -0.1) is 0 Å². The van der Waals surface area contributed by atoms with Crippen molar-refractivity contribution >= 4 is 11.8 Å². The molecule has 26 heavy (non-hydrogen) atoms. The second kappa shape index (κ2) is 9.13. The zero-order valence-corrected chi connectivity index (χ0v) is 14.9. The third-order valence-electron chi connectivity index (χ3n) is 4.73. The molecule has 0 saturated carbocycles. The SMILES string of the molecule is O=C(CC1CCCCN(Cc2ccccc2)C1=O)NCc1ccccn1.